The van der Waals surface area contributed by atoms with E-state index >= 15 is 0 Å². The zero-order chi connectivity index (χ0) is 11.3. The molecule has 0 bridgehead atoms. The lowest BCUT2D eigenvalue weighted by molar-refractivity contribution is -0.123. The fourth-order valence-electron chi connectivity index (χ4n) is 2.28. The molecule has 0 aromatic carbocycles. The maximum atomic E-state index is 11.6. The van der Waals surface area contributed by atoms with Gasteiger partial charge in [0.1, 0.15) is 0 Å². The van der Waals surface area contributed by atoms with Gasteiger partial charge in [-0.2, -0.15) is 0 Å². The summed E-state index contributed by atoms with van der Waals surface area (Å²) < 4.78 is 0. The van der Waals surface area contributed by atoms with Crippen LogP contribution in [-0.4, -0.2) is 18.5 Å². The Morgan fingerprint density at radius 3 is 2.60 bits per heavy atom. The molecule has 0 spiro atoms. The Balaban J connectivity index is 2.26. The summed E-state index contributed by atoms with van der Waals surface area (Å²) in [6.07, 6.45) is 6.81. The molecule has 0 aromatic rings. The highest BCUT2D eigenvalue weighted by atomic mass is 16.2. The van der Waals surface area contributed by atoms with Crippen molar-refractivity contribution in [1.82, 2.24) is 5.32 Å². The van der Waals surface area contributed by atoms with Crippen LogP contribution in [0.2, 0.25) is 0 Å². The third-order valence-corrected chi connectivity index (χ3v) is 3.44. The van der Waals surface area contributed by atoms with Crippen LogP contribution in [0.5, 0.6) is 0 Å². The van der Waals surface area contributed by atoms with Crippen molar-refractivity contribution in [2.45, 2.75) is 58.4 Å². The second-order valence-electron chi connectivity index (χ2n) is 5.13. The largest absolute Gasteiger partial charge is 0.354 e. The van der Waals surface area contributed by atoms with Crippen molar-refractivity contribution in [2.24, 2.45) is 11.1 Å². The molecule has 1 saturated carbocycles. The highest BCUT2D eigenvalue weighted by molar-refractivity contribution is 5.81. The number of hydrogen-bond acceptors (Lipinski definition) is 2. The number of hydrogen-bond donors (Lipinski definition) is 2. The van der Waals surface area contributed by atoms with E-state index in [4.69, 9.17) is 5.73 Å². The van der Waals surface area contributed by atoms with E-state index in [2.05, 4.69) is 12.2 Å². The van der Waals surface area contributed by atoms with Crippen molar-refractivity contribution >= 4 is 5.91 Å². The van der Waals surface area contributed by atoms with E-state index in [0.29, 0.717) is 5.41 Å². The van der Waals surface area contributed by atoms with Gasteiger partial charge in [0.15, 0.2) is 0 Å². The van der Waals surface area contributed by atoms with Gasteiger partial charge in [0.05, 0.1) is 6.04 Å². The Hall–Kier alpha value is -0.570. The van der Waals surface area contributed by atoms with Gasteiger partial charge in [0, 0.05) is 6.54 Å². The molecule has 1 aliphatic rings. The second kappa shape index (κ2) is 5.50. The zero-order valence-electron chi connectivity index (χ0n) is 10.0. The van der Waals surface area contributed by atoms with Crippen LogP contribution >= 0.6 is 0 Å². The Bertz CT molecular complexity index is 210. The molecule has 0 aromatic heterocycles. The van der Waals surface area contributed by atoms with Gasteiger partial charge in [0.2, 0.25) is 5.91 Å². The predicted molar refractivity (Wildman–Crippen MR) is 62.5 cm³/mol. The van der Waals surface area contributed by atoms with Crippen molar-refractivity contribution < 1.29 is 4.79 Å². The monoisotopic (exact) mass is 212 g/mol. The first-order valence-corrected chi connectivity index (χ1v) is 6.11. The second-order valence-corrected chi connectivity index (χ2v) is 5.13. The zero-order valence-corrected chi connectivity index (χ0v) is 10.0. The molecular weight excluding hydrogens is 188 g/mol. The summed E-state index contributed by atoms with van der Waals surface area (Å²) in [5, 5.41) is 2.99. The van der Waals surface area contributed by atoms with E-state index in [0.717, 1.165) is 19.4 Å². The lowest BCUT2D eigenvalue weighted by atomic mass is 9.89. The molecule has 0 unspecified atom stereocenters. The smallest absolute Gasteiger partial charge is 0.236 e. The SMILES string of the molecule is CCC[C@@H](N)C(=O)NCC1(C)CCCC1. The molecule has 0 heterocycles. The van der Waals surface area contributed by atoms with Crippen molar-refractivity contribution in [3.63, 3.8) is 0 Å². The van der Waals surface area contributed by atoms with Crippen LogP contribution in [0.3, 0.4) is 0 Å². The Labute approximate surface area is 92.8 Å². The third-order valence-electron chi connectivity index (χ3n) is 3.44. The summed E-state index contributed by atoms with van der Waals surface area (Å²) in [5.74, 6) is 0.0185. The number of carbonyl (C=O) groups is 1. The highest BCUT2D eigenvalue weighted by Crippen LogP contribution is 2.36. The van der Waals surface area contributed by atoms with Gasteiger partial charge in [0.25, 0.3) is 0 Å². The normalized spacial score (nSPS) is 21.3. The van der Waals surface area contributed by atoms with E-state index in [1.807, 2.05) is 6.92 Å². The first kappa shape index (κ1) is 12.5. The molecule has 0 aliphatic heterocycles. The highest BCUT2D eigenvalue weighted by Gasteiger charge is 2.29. The van der Waals surface area contributed by atoms with E-state index in [1.165, 1.54) is 25.7 Å². The van der Waals surface area contributed by atoms with E-state index in [-0.39, 0.29) is 11.9 Å². The molecule has 1 aliphatic carbocycles. The van der Waals surface area contributed by atoms with Crippen LogP contribution in [0.15, 0.2) is 0 Å². The predicted octanol–water partition coefficient (Wildman–Crippen LogP) is 1.81. The van der Waals surface area contributed by atoms with Crippen LogP contribution in [0.1, 0.15) is 52.4 Å². The van der Waals surface area contributed by atoms with Gasteiger partial charge in [-0.05, 0) is 24.7 Å². The number of nitrogens with one attached hydrogen (secondary N) is 1. The van der Waals surface area contributed by atoms with Crippen molar-refractivity contribution in [1.29, 1.82) is 0 Å². The summed E-state index contributed by atoms with van der Waals surface area (Å²) >= 11 is 0. The van der Waals surface area contributed by atoms with Crippen molar-refractivity contribution in [3.05, 3.63) is 0 Å². The van der Waals surface area contributed by atoms with Crippen molar-refractivity contribution in [3.8, 4) is 0 Å². The van der Waals surface area contributed by atoms with Gasteiger partial charge < -0.3 is 11.1 Å². The standard InChI is InChI=1S/C12H24N2O/c1-3-6-10(13)11(15)14-9-12(2)7-4-5-8-12/h10H,3-9,13H2,1-2H3,(H,14,15)/t10-/m1/s1. The minimum atomic E-state index is -0.319. The van der Waals surface area contributed by atoms with Crippen LogP contribution < -0.4 is 11.1 Å². The van der Waals surface area contributed by atoms with E-state index in [1.54, 1.807) is 0 Å². The van der Waals surface area contributed by atoms with E-state index < -0.39 is 0 Å². The van der Waals surface area contributed by atoms with Crippen LogP contribution in [0.25, 0.3) is 0 Å². The molecule has 15 heavy (non-hydrogen) atoms. The lowest BCUT2D eigenvalue weighted by Crippen LogP contribution is -2.44. The van der Waals surface area contributed by atoms with Gasteiger partial charge in [-0.1, -0.05) is 33.1 Å². The van der Waals surface area contributed by atoms with Crippen LogP contribution in [-0.2, 0) is 4.79 Å². The Kier molecular flexibility index (Phi) is 4.58. The maximum absolute atomic E-state index is 11.6. The number of rotatable bonds is 5. The molecule has 3 heteroatoms. The Morgan fingerprint density at radius 2 is 2.07 bits per heavy atom. The minimum Gasteiger partial charge on any atom is -0.354 e. The Morgan fingerprint density at radius 1 is 1.47 bits per heavy atom. The lowest BCUT2D eigenvalue weighted by Gasteiger charge is -2.24. The molecule has 1 rings (SSSR count). The van der Waals surface area contributed by atoms with Gasteiger partial charge in [-0.3, -0.25) is 4.79 Å². The molecule has 0 radical (unpaired) electrons. The quantitative estimate of drug-likeness (QED) is 0.730. The van der Waals surface area contributed by atoms with Crippen molar-refractivity contribution in [2.75, 3.05) is 6.54 Å². The summed E-state index contributed by atoms with van der Waals surface area (Å²) in [6.45, 7) is 5.10. The van der Waals surface area contributed by atoms with E-state index in [9.17, 15) is 4.79 Å². The fraction of sp³-hybridized carbons (Fsp3) is 0.917. The number of carbonyl (C=O) groups excluding carboxylic acids is 1. The van der Waals surface area contributed by atoms with Gasteiger partial charge in [-0.15, -0.1) is 0 Å². The topological polar surface area (TPSA) is 55.1 Å². The van der Waals surface area contributed by atoms with Gasteiger partial charge in [-0.25, -0.2) is 0 Å². The molecule has 0 saturated heterocycles. The van der Waals surface area contributed by atoms with Gasteiger partial charge >= 0.3 is 0 Å². The average molecular weight is 212 g/mol. The molecule has 88 valence electrons. The molecule has 3 N–H and O–H groups in total. The first-order valence-electron chi connectivity index (χ1n) is 6.11. The number of nitrogens with two attached hydrogens (primary N) is 1. The molecule has 1 atom stereocenters. The summed E-state index contributed by atoms with van der Waals surface area (Å²) in [6, 6.07) is -0.319. The minimum absolute atomic E-state index is 0.0185. The molecule has 1 fully saturated rings. The molecular formula is C12H24N2O. The van der Waals surface area contributed by atoms with Crippen LogP contribution in [0.4, 0.5) is 0 Å². The maximum Gasteiger partial charge on any atom is 0.236 e. The molecule has 1 amide bonds. The first-order chi connectivity index (χ1) is 7.07. The summed E-state index contributed by atoms with van der Waals surface area (Å²) in [7, 11) is 0. The average Bonchev–Trinajstić information content (AvgIpc) is 2.63. The number of amides is 1. The summed E-state index contributed by atoms with van der Waals surface area (Å²) in [4.78, 5) is 11.6. The third kappa shape index (κ3) is 3.82. The molecule has 3 nitrogen and oxygen atoms in total. The summed E-state index contributed by atoms with van der Waals surface area (Å²) in [5.41, 5.74) is 6.06. The fourth-order valence-corrected chi connectivity index (χ4v) is 2.28. The van der Waals surface area contributed by atoms with Crippen LogP contribution in [0, 0.1) is 5.41 Å².